The average molecular weight is 344 g/mol. The minimum atomic E-state index is 0.680. The molecule has 26 heavy (non-hydrogen) atoms. The molecule has 6 nitrogen and oxygen atoms in total. The average Bonchev–Trinajstić information content (AvgIpc) is 2.67. The van der Waals surface area contributed by atoms with Crippen LogP contribution in [0.4, 0.5) is 11.6 Å². The van der Waals surface area contributed by atoms with E-state index in [1.165, 1.54) is 0 Å². The molecule has 3 heterocycles. The number of aromatic nitrogens is 3. The Kier molecular flexibility index (Phi) is 4.13. The maximum atomic E-state index is 9.23. The fourth-order valence-corrected chi connectivity index (χ4v) is 3.53. The van der Waals surface area contributed by atoms with Crippen LogP contribution < -0.4 is 9.80 Å². The highest BCUT2D eigenvalue weighted by Gasteiger charge is 2.21. The van der Waals surface area contributed by atoms with Gasteiger partial charge in [0, 0.05) is 31.6 Å². The largest absolute Gasteiger partial charge is 0.353 e. The highest BCUT2D eigenvalue weighted by Crippen LogP contribution is 2.25. The Hall–Kier alpha value is -3.20. The summed E-state index contributed by atoms with van der Waals surface area (Å²) >= 11 is 0. The molecule has 6 heteroatoms. The molecular weight excluding hydrogens is 324 g/mol. The molecule has 0 saturated carbocycles. The lowest BCUT2D eigenvalue weighted by Gasteiger charge is -2.36. The Morgan fingerprint density at radius 2 is 1.73 bits per heavy atom. The van der Waals surface area contributed by atoms with Crippen molar-refractivity contribution in [3.63, 3.8) is 0 Å². The van der Waals surface area contributed by atoms with Gasteiger partial charge in [0.15, 0.2) is 0 Å². The molecule has 0 spiro atoms. The first-order chi connectivity index (χ1) is 12.7. The smallest absolute Gasteiger partial charge is 0.140 e. The third-order valence-electron chi connectivity index (χ3n) is 4.92. The molecule has 0 radical (unpaired) electrons. The van der Waals surface area contributed by atoms with Gasteiger partial charge in [0.25, 0.3) is 0 Å². The number of hydrogen-bond donors (Lipinski definition) is 0. The van der Waals surface area contributed by atoms with Crippen LogP contribution in [0.1, 0.15) is 16.8 Å². The van der Waals surface area contributed by atoms with E-state index in [4.69, 9.17) is 0 Å². The third kappa shape index (κ3) is 2.82. The Balaban J connectivity index is 1.55. The molecule has 1 aromatic carbocycles. The minimum absolute atomic E-state index is 0.680. The number of rotatable bonds is 2. The Bertz CT molecular complexity index is 970. The van der Waals surface area contributed by atoms with E-state index in [2.05, 4.69) is 36.9 Å². The molecule has 0 atom stereocenters. The van der Waals surface area contributed by atoms with E-state index in [1.807, 2.05) is 38.1 Å². The van der Waals surface area contributed by atoms with E-state index in [0.717, 1.165) is 60.0 Å². The second kappa shape index (κ2) is 6.60. The molecule has 0 unspecified atom stereocenters. The summed E-state index contributed by atoms with van der Waals surface area (Å²) in [6.07, 6.45) is 1.64. The van der Waals surface area contributed by atoms with Crippen LogP contribution >= 0.6 is 0 Å². The van der Waals surface area contributed by atoms with E-state index < -0.39 is 0 Å². The van der Waals surface area contributed by atoms with Crippen LogP contribution in [0.5, 0.6) is 0 Å². The fourth-order valence-electron chi connectivity index (χ4n) is 3.53. The van der Waals surface area contributed by atoms with Gasteiger partial charge in [-0.2, -0.15) is 5.26 Å². The molecule has 4 rings (SSSR count). The van der Waals surface area contributed by atoms with Crippen molar-refractivity contribution in [3.05, 3.63) is 53.5 Å². The van der Waals surface area contributed by atoms with Gasteiger partial charge in [0.2, 0.25) is 0 Å². The number of para-hydroxylation sites is 1. The van der Waals surface area contributed by atoms with E-state index in [9.17, 15) is 5.26 Å². The summed E-state index contributed by atoms with van der Waals surface area (Å²) < 4.78 is 0. The van der Waals surface area contributed by atoms with Gasteiger partial charge in [0.1, 0.15) is 24.0 Å². The Labute approximate surface area is 152 Å². The first-order valence-corrected chi connectivity index (χ1v) is 8.75. The minimum Gasteiger partial charge on any atom is -0.353 e. The second-order valence-electron chi connectivity index (χ2n) is 6.56. The number of fused-ring (bicyclic) bond motifs is 1. The molecular formula is C20H20N6. The monoisotopic (exact) mass is 344 g/mol. The quantitative estimate of drug-likeness (QED) is 0.712. The van der Waals surface area contributed by atoms with Crippen molar-refractivity contribution in [2.75, 3.05) is 36.0 Å². The fraction of sp³-hybridized carbons (Fsp3) is 0.300. The zero-order valence-electron chi connectivity index (χ0n) is 15.0. The SMILES string of the molecule is Cc1cc(N2CCN(c3ncnc4ccccc34)CC2)nc(C)c1C#N. The summed E-state index contributed by atoms with van der Waals surface area (Å²) in [4.78, 5) is 18.1. The molecule has 0 amide bonds. The third-order valence-corrected chi connectivity index (χ3v) is 4.92. The zero-order chi connectivity index (χ0) is 18.1. The second-order valence-corrected chi connectivity index (χ2v) is 6.56. The molecule has 1 fully saturated rings. The van der Waals surface area contributed by atoms with Crippen LogP contribution in [0, 0.1) is 25.2 Å². The van der Waals surface area contributed by atoms with Gasteiger partial charge in [-0.3, -0.25) is 0 Å². The topological polar surface area (TPSA) is 68.9 Å². The van der Waals surface area contributed by atoms with Crippen molar-refractivity contribution >= 4 is 22.5 Å². The van der Waals surface area contributed by atoms with Crippen LogP contribution in [0.3, 0.4) is 0 Å². The van der Waals surface area contributed by atoms with E-state index in [1.54, 1.807) is 6.33 Å². The van der Waals surface area contributed by atoms with Gasteiger partial charge in [-0.25, -0.2) is 15.0 Å². The van der Waals surface area contributed by atoms with Crippen molar-refractivity contribution < 1.29 is 0 Å². The van der Waals surface area contributed by atoms with E-state index >= 15 is 0 Å². The number of nitriles is 1. The van der Waals surface area contributed by atoms with E-state index in [-0.39, 0.29) is 0 Å². The van der Waals surface area contributed by atoms with Crippen molar-refractivity contribution in [1.29, 1.82) is 5.26 Å². The predicted octanol–water partition coefficient (Wildman–Crippen LogP) is 2.84. The lowest BCUT2D eigenvalue weighted by molar-refractivity contribution is 0.642. The lowest BCUT2D eigenvalue weighted by Crippen LogP contribution is -2.47. The molecule has 2 aromatic heterocycles. The highest BCUT2D eigenvalue weighted by molar-refractivity contribution is 5.89. The standard InChI is InChI=1S/C20H20N6/c1-14-11-19(24-15(2)17(14)12-21)25-7-9-26(10-8-25)20-16-5-3-4-6-18(16)22-13-23-20/h3-6,11,13H,7-10H2,1-2H3. The number of pyridine rings is 1. The summed E-state index contributed by atoms with van der Waals surface area (Å²) in [6.45, 7) is 7.37. The van der Waals surface area contributed by atoms with Gasteiger partial charge < -0.3 is 9.80 Å². The first-order valence-electron chi connectivity index (χ1n) is 8.75. The molecule has 3 aromatic rings. The first kappa shape index (κ1) is 16.3. The highest BCUT2D eigenvalue weighted by atomic mass is 15.3. The summed E-state index contributed by atoms with van der Waals surface area (Å²) in [6, 6.07) is 12.4. The summed E-state index contributed by atoms with van der Waals surface area (Å²) in [5, 5.41) is 10.3. The number of nitrogens with zero attached hydrogens (tertiary/aromatic N) is 6. The molecule has 0 bridgehead atoms. The Morgan fingerprint density at radius 3 is 2.46 bits per heavy atom. The lowest BCUT2D eigenvalue weighted by atomic mass is 10.1. The van der Waals surface area contributed by atoms with Crippen LogP contribution in [0.25, 0.3) is 10.9 Å². The number of hydrogen-bond acceptors (Lipinski definition) is 6. The maximum Gasteiger partial charge on any atom is 0.140 e. The molecule has 0 N–H and O–H groups in total. The Morgan fingerprint density at radius 1 is 1.00 bits per heavy atom. The van der Waals surface area contributed by atoms with Gasteiger partial charge in [-0.05, 0) is 37.6 Å². The van der Waals surface area contributed by atoms with Crippen LogP contribution in [-0.2, 0) is 0 Å². The summed E-state index contributed by atoms with van der Waals surface area (Å²) in [5.74, 6) is 1.95. The summed E-state index contributed by atoms with van der Waals surface area (Å²) in [7, 11) is 0. The zero-order valence-corrected chi connectivity index (χ0v) is 15.0. The molecule has 0 aliphatic carbocycles. The summed E-state index contributed by atoms with van der Waals surface area (Å²) in [5.41, 5.74) is 3.44. The number of aryl methyl sites for hydroxylation is 2. The normalized spacial score (nSPS) is 14.5. The van der Waals surface area contributed by atoms with Gasteiger partial charge in [-0.1, -0.05) is 12.1 Å². The van der Waals surface area contributed by atoms with Crippen LogP contribution in [-0.4, -0.2) is 41.1 Å². The van der Waals surface area contributed by atoms with Gasteiger partial charge in [-0.15, -0.1) is 0 Å². The van der Waals surface area contributed by atoms with Crippen molar-refractivity contribution in [3.8, 4) is 6.07 Å². The van der Waals surface area contributed by atoms with Gasteiger partial charge >= 0.3 is 0 Å². The predicted molar refractivity (Wildman–Crippen MR) is 102 cm³/mol. The van der Waals surface area contributed by atoms with E-state index in [0.29, 0.717) is 5.56 Å². The van der Waals surface area contributed by atoms with Crippen LogP contribution in [0.2, 0.25) is 0 Å². The van der Waals surface area contributed by atoms with Crippen molar-refractivity contribution in [2.45, 2.75) is 13.8 Å². The number of piperazine rings is 1. The maximum absolute atomic E-state index is 9.23. The molecule has 130 valence electrons. The number of benzene rings is 1. The van der Waals surface area contributed by atoms with Crippen molar-refractivity contribution in [1.82, 2.24) is 15.0 Å². The van der Waals surface area contributed by atoms with Gasteiger partial charge in [0.05, 0.1) is 16.8 Å². The van der Waals surface area contributed by atoms with Crippen LogP contribution in [0.15, 0.2) is 36.7 Å². The molecule has 1 aliphatic heterocycles. The van der Waals surface area contributed by atoms with Crippen molar-refractivity contribution in [2.24, 2.45) is 0 Å². The molecule has 1 aliphatic rings. The molecule has 1 saturated heterocycles. The number of anilines is 2.